The van der Waals surface area contributed by atoms with Crippen molar-refractivity contribution in [2.24, 2.45) is 0 Å². The lowest BCUT2D eigenvalue weighted by atomic mass is 10.1. The SMILES string of the molecule is CSc1c(NCCCOC(C)C)cccc1-c1[c]cccc1. The van der Waals surface area contributed by atoms with Gasteiger partial charge >= 0.3 is 0 Å². The highest BCUT2D eigenvalue weighted by Crippen LogP contribution is 2.35. The number of hydrogen-bond donors (Lipinski definition) is 1. The second kappa shape index (κ2) is 8.86. The molecule has 0 aliphatic rings. The molecule has 3 heteroatoms. The second-order valence-corrected chi connectivity index (χ2v) is 6.18. The molecule has 0 aliphatic heterocycles. The van der Waals surface area contributed by atoms with E-state index in [1.807, 2.05) is 12.1 Å². The standard InChI is InChI=1S/C19H24NOS/c1-15(2)21-14-8-13-20-18-12-7-11-17(19(18)22-3)16-9-5-4-6-10-16/h4-7,9,11-12,15,20H,8,13-14H2,1-3H3. The first-order valence-corrected chi connectivity index (χ1v) is 8.94. The van der Waals surface area contributed by atoms with Crippen LogP contribution in [-0.2, 0) is 4.74 Å². The zero-order valence-corrected chi connectivity index (χ0v) is 14.4. The molecule has 0 saturated heterocycles. The molecular weight excluding hydrogens is 290 g/mol. The fraction of sp³-hybridized carbons (Fsp3) is 0.368. The average molecular weight is 314 g/mol. The Morgan fingerprint density at radius 1 is 1.18 bits per heavy atom. The first kappa shape index (κ1) is 16.9. The first-order valence-electron chi connectivity index (χ1n) is 7.72. The van der Waals surface area contributed by atoms with E-state index in [9.17, 15) is 0 Å². The zero-order valence-electron chi connectivity index (χ0n) is 13.6. The van der Waals surface area contributed by atoms with Crippen LogP contribution in [0.4, 0.5) is 5.69 Å². The molecule has 0 saturated carbocycles. The molecule has 0 atom stereocenters. The number of hydrogen-bond acceptors (Lipinski definition) is 3. The van der Waals surface area contributed by atoms with Crippen LogP contribution in [0.3, 0.4) is 0 Å². The van der Waals surface area contributed by atoms with Crippen LogP contribution < -0.4 is 5.32 Å². The van der Waals surface area contributed by atoms with Crippen LogP contribution in [0.2, 0.25) is 0 Å². The Morgan fingerprint density at radius 3 is 2.73 bits per heavy atom. The monoisotopic (exact) mass is 314 g/mol. The Balaban J connectivity index is 2.06. The Labute approximate surface area is 138 Å². The van der Waals surface area contributed by atoms with Gasteiger partial charge in [0.25, 0.3) is 0 Å². The van der Waals surface area contributed by atoms with E-state index in [0.717, 1.165) is 25.1 Å². The maximum atomic E-state index is 5.58. The van der Waals surface area contributed by atoms with Gasteiger partial charge in [0.15, 0.2) is 0 Å². The summed E-state index contributed by atoms with van der Waals surface area (Å²) in [5.74, 6) is 0. The third kappa shape index (κ3) is 4.79. The molecule has 0 amide bonds. The Bertz CT molecular complexity index is 569. The van der Waals surface area contributed by atoms with Gasteiger partial charge in [0.1, 0.15) is 0 Å². The average Bonchev–Trinajstić information content (AvgIpc) is 2.54. The lowest BCUT2D eigenvalue weighted by Crippen LogP contribution is -2.09. The topological polar surface area (TPSA) is 21.3 Å². The van der Waals surface area contributed by atoms with Crippen molar-refractivity contribution in [2.45, 2.75) is 31.3 Å². The van der Waals surface area contributed by atoms with Gasteiger partial charge in [-0.2, -0.15) is 0 Å². The molecule has 0 aromatic heterocycles. The van der Waals surface area contributed by atoms with Crippen LogP contribution in [0.15, 0.2) is 47.4 Å². The number of benzene rings is 2. The Morgan fingerprint density at radius 2 is 2.05 bits per heavy atom. The van der Waals surface area contributed by atoms with Crippen molar-refractivity contribution >= 4 is 17.4 Å². The van der Waals surface area contributed by atoms with Crippen molar-refractivity contribution in [3.8, 4) is 11.1 Å². The van der Waals surface area contributed by atoms with E-state index in [1.54, 1.807) is 11.8 Å². The summed E-state index contributed by atoms with van der Waals surface area (Å²) in [4.78, 5) is 1.27. The highest BCUT2D eigenvalue weighted by molar-refractivity contribution is 7.98. The van der Waals surface area contributed by atoms with Crippen LogP contribution in [0.25, 0.3) is 11.1 Å². The van der Waals surface area contributed by atoms with E-state index in [-0.39, 0.29) is 0 Å². The van der Waals surface area contributed by atoms with E-state index in [4.69, 9.17) is 4.74 Å². The summed E-state index contributed by atoms with van der Waals surface area (Å²) < 4.78 is 5.58. The smallest absolute Gasteiger partial charge is 0.0518 e. The minimum absolute atomic E-state index is 0.304. The van der Waals surface area contributed by atoms with Crippen molar-refractivity contribution in [2.75, 3.05) is 24.7 Å². The molecule has 0 heterocycles. The summed E-state index contributed by atoms with van der Waals surface area (Å²) in [5, 5.41) is 3.53. The van der Waals surface area contributed by atoms with Gasteiger partial charge in [-0.1, -0.05) is 36.4 Å². The highest BCUT2D eigenvalue weighted by Gasteiger charge is 2.09. The van der Waals surface area contributed by atoms with E-state index in [0.29, 0.717) is 6.10 Å². The molecule has 0 spiro atoms. The lowest BCUT2D eigenvalue weighted by molar-refractivity contribution is 0.0787. The summed E-state index contributed by atoms with van der Waals surface area (Å²) in [6, 6.07) is 17.8. The zero-order chi connectivity index (χ0) is 15.8. The number of thioether (sulfide) groups is 1. The maximum Gasteiger partial charge on any atom is 0.0518 e. The van der Waals surface area contributed by atoms with Gasteiger partial charge in [-0.05, 0) is 49.8 Å². The molecule has 1 N–H and O–H groups in total. The number of rotatable bonds is 8. The molecule has 2 aromatic rings. The summed E-state index contributed by atoms with van der Waals surface area (Å²) >= 11 is 1.77. The Hall–Kier alpha value is -1.45. The van der Waals surface area contributed by atoms with E-state index in [2.05, 4.69) is 61.8 Å². The van der Waals surface area contributed by atoms with Gasteiger partial charge < -0.3 is 10.1 Å². The fourth-order valence-electron chi connectivity index (χ4n) is 2.28. The van der Waals surface area contributed by atoms with E-state index < -0.39 is 0 Å². The van der Waals surface area contributed by atoms with Gasteiger partial charge in [0.2, 0.25) is 0 Å². The quantitative estimate of drug-likeness (QED) is 0.541. The highest BCUT2D eigenvalue weighted by atomic mass is 32.2. The van der Waals surface area contributed by atoms with Crippen molar-refractivity contribution in [1.82, 2.24) is 0 Å². The van der Waals surface area contributed by atoms with Crippen LogP contribution in [-0.4, -0.2) is 25.5 Å². The van der Waals surface area contributed by atoms with Crippen LogP contribution in [0.1, 0.15) is 20.3 Å². The molecule has 1 radical (unpaired) electrons. The van der Waals surface area contributed by atoms with Gasteiger partial charge in [0.05, 0.1) is 6.10 Å². The molecule has 2 nitrogen and oxygen atoms in total. The molecule has 117 valence electrons. The molecule has 2 rings (SSSR count). The summed E-state index contributed by atoms with van der Waals surface area (Å²) in [7, 11) is 0. The first-order chi connectivity index (χ1) is 10.7. The third-order valence-corrected chi connectivity index (χ3v) is 4.15. The molecule has 0 bridgehead atoms. The van der Waals surface area contributed by atoms with Gasteiger partial charge in [-0.15, -0.1) is 11.8 Å². The van der Waals surface area contributed by atoms with E-state index >= 15 is 0 Å². The van der Waals surface area contributed by atoms with Gasteiger partial charge in [-0.25, -0.2) is 0 Å². The number of nitrogens with one attached hydrogen (secondary N) is 1. The number of anilines is 1. The van der Waals surface area contributed by atoms with Crippen LogP contribution >= 0.6 is 11.8 Å². The van der Waals surface area contributed by atoms with Crippen molar-refractivity contribution in [1.29, 1.82) is 0 Å². The second-order valence-electron chi connectivity index (χ2n) is 5.36. The summed E-state index contributed by atoms with van der Waals surface area (Å²) in [5.41, 5.74) is 3.56. The van der Waals surface area contributed by atoms with Gasteiger partial charge in [-0.3, -0.25) is 0 Å². The van der Waals surface area contributed by atoms with Crippen LogP contribution in [0.5, 0.6) is 0 Å². The molecule has 0 unspecified atom stereocenters. The van der Waals surface area contributed by atoms with E-state index in [1.165, 1.54) is 16.1 Å². The molecule has 2 aromatic carbocycles. The van der Waals surface area contributed by atoms with Crippen molar-refractivity contribution in [3.63, 3.8) is 0 Å². The van der Waals surface area contributed by atoms with Crippen LogP contribution in [0, 0.1) is 6.07 Å². The molecule has 0 aliphatic carbocycles. The lowest BCUT2D eigenvalue weighted by Gasteiger charge is -2.15. The maximum absolute atomic E-state index is 5.58. The molecule has 0 fully saturated rings. The third-order valence-electron chi connectivity index (χ3n) is 3.31. The largest absolute Gasteiger partial charge is 0.384 e. The van der Waals surface area contributed by atoms with Gasteiger partial charge in [0, 0.05) is 23.7 Å². The normalized spacial score (nSPS) is 10.9. The minimum atomic E-state index is 0.304. The minimum Gasteiger partial charge on any atom is -0.384 e. The predicted molar refractivity (Wildman–Crippen MR) is 96.7 cm³/mol. The molecule has 22 heavy (non-hydrogen) atoms. The van der Waals surface area contributed by atoms with Crippen molar-refractivity contribution < 1.29 is 4.74 Å². The van der Waals surface area contributed by atoms with Crippen molar-refractivity contribution in [3.05, 3.63) is 48.5 Å². The fourth-order valence-corrected chi connectivity index (χ4v) is 3.04. The number of ether oxygens (including phenoxy) is 1. The summed E-state index contributed by atoms with van der Waals surface area (Å²) in [6.45, 7) is 5.85. The molecular formula is C19H24NOS. The predicted octanol–water partition coefficient (Wildman–Crippen LogP) is 5.10. The Kier molecular flexibility index (Phi) is 6.81. The summed E-state index contributed by atoms with van der Waals surface area (Å²) in [6.07, 6.45) is 3.43.